The Kier molecular flexibility index (Phi) is 7.13. The molecule has 0 aromatic carbocycles. The van der Waals surface area contributed by atoms with Crippen molar-refractivity contribution < 1.29 is 9.59 Å². The minimum Gasteiger partial charge on any atom is -0.344 e. The predicted molar refractivity (Wildman–Crippen MR) is 110 cm³/mol. The molecule has 0 spiro atoms. The molecule has 0 aliphatic carbocycles. The third-order valence-corrected chi connectivity index (χ3v) is 5.92. The Bertz CT molecular complexity index is 760. The van der Waals surface area contributed by atoms with Crippen molar-refractivity contribution in [1.29, 1.82) is 0 Å². The molecule has 2 N–H and O–H groups in total. The Hall–Kier alpha value is -2.29. The van der Waals surface area contributed by atoms with E-state index >= 15 is 0 Å². The molecule has 28 heavy (non-hydrogen) atoms. The van der Waals surface area contributed by atoms with Crippen molar-refractivity contribution in [2.45, 2.75) is 25.6 Å². The van der Waals surface area contributed by atoms with Crippen LogP contribution in [0.1, 0.15) is 23.4 Å². The summed E-state index contributed by atoms with van der Waals surface area (Å²) < 4.78 is 0. The molecule has 2 amide bonds. The highest BCUT2D eigenvalue weighted by molar-refractivity contribution is 7.10. The lowest BCUT2D eigenvalue weighted by atomic mass is 10.0. The molecule has 1 aliphatic rings. The summed E-state index contributed by atoms with van der Waals surface area (Å²) in [5.74, 6) is -1.23. The van der Waals surface area contributed by atoms with E-state index in [0.29, 0.717) is 0 Å². The van der Waals surface area contributed by atoms with Crippen LogP contribution in [0.25, 0.3) is 0 Å². The summed E-state index contributed by atoms with van der Waals surface area (Å²) in [7, 11) is 2.12. The number of hydrogen-bond acceptors (Lipinski definition) is 6. The van der Waals surface area contributed by atoms with Crippen molar-refractivity contribution in [3.63, 3.8) is 0 Å². The van der Waals surface area contributed by atoms with Gasteiger partial charge in [-0.15, -0.1) is 11.3 Å². The zero-order chi connectivity index (χ0) is 19.9. The number of piperazine rings is 1. The number of amides is 2. The van der Waals surface area contributed by atoms with Crippen molar-refractivity contribution in [2.75, 3.05) is 33.2 Å². The number of rotatable bonds is 6. The summed E-state index contributed by atoms with van der Waals surface area (Å²) in [6, 6.07) is 7.65. The number of carbonyl (C=O) groups is 2. The molecule has 0 saturated carbocycles. The van der Waals surface area contributed by atoms with E-state index in [9.17, 15) is 9.59 Å². The van der Waals surface area contributed by atoms with Crippen molar-refractivity contribution in [3.8, 4) is 0 Å². The van der Waals surface area contributed by atoms with Crippen molar-refractivity contribution in [1.82, 2.24) is 25.4 Å². The van der Waals surface area contributed by atoms with Gasteiger partial charge in [-0.2, -0.15) is 0 Å². The Morgan fingerprint density at radius 1 is 1.18 bits per heavy atom. The first-order valence-electron chi connectivity index (χ1n) is 9.48. The summed E-state index contributed by atoms with van der Waals surface area (Å²) in [4.78, 5) is 34.5. The van der Waals surface area contributed by atoms with Gasteiger partial charge < -0.3 is 15.5 Å². The minimum atomic E-state index is -0.626. The second kappa shape index (κ2) is 9.77. The molecule has 2 unspecified atom stereocenters. The number of carbonyl (C=O) groups excluding carboxylic acids is 2. The Morgan fingerprint density at radius 3 is 2.61 bits per heavy atom. The van der Waals surface area contributed by atoms with Crippen LogP contribution >= 0.6 is 11.3 Å². The lowest BCUT2D eigenvalue weighted by molar-refractivity contribution is -0.140. The third kappa shape index (κ3) is 5.37. The average Bonchev–Trinajstić information content (AvgIpc) is 3.22. The molecule has 0 radical (unpaired) electrons. The maximum Gasteiger partial charge on any atom is 0.309 e. The molecule has 2 aromatic heterocycles. The first-order chi connectivity index (χ1) is 13.5. The van der Waals surface area contributed by atoms with E-state index in [2.05, 4.69) is 38.5 Å². The zero-order valence-corrected chi connectivity index (χ0v) is 17.1. The molecule has 3 rings (SSSR count). The highest BCUT2D eigenvalue weighted by Crippen LogP contribution is 2.29. The van der Waals surface area contributed by atoms with Gasteiger partial charge in [-0.05, 0) is 37.0 Å². The summed E-state index contributed by atoms with van der Waals surface area (Å²) in [6.45, 7) is 6.11. The fourth-order valence-corrected chi connectivity index (χ4v) is 4.38. The van der Waals surface area contributed by atoms with Gasteiger partial charge in [-0.25, -0.2) is 0 Å². The zero-order valence-electron chi connectivity index (χ0n) is 16.3. The van der Waals surface area contributed by atoms with Crippen molar-refractivity contribution in [3.05, 3.63) is 52.5 Å². The lowest BCUT2D eigenvalue weighted by Crippen LogP contribution is -2.53. The molecule has 1 aliphatic heterocycles. The molecule has 1 fully saturated rings. The van der Waals surface area contributed by atoms with Gasteiger partial charge >= 0.3 is 11.8 Å². The van der Waals surface area contributed by atoms with Gasteiger partial charge in [0.2, 0.25) is 0 Å². The largest absolute Gasteiger partial charge is 0.344 e. The number of pyridine rings is 1. The maximum atomic E-state index is 12.4. The first-order valence-corrected chi connectivity index (χ1v) is 10.4. The van der Waals surface area contributed by atoms with Gasteiger partial charge in [0, 0.05) is 56.0 Å². The van der Waals surface area contributed by atoms with E-state index in [1.165, 1.54) is 4.88 Å². The molecule has 2 aromatic rings. The predicted octanol–water partition coefficient (Wildman–Crippen LogP) is 1.25. The number of hydrogen-bond donors (Lipinski definition) is 2. The van der Waals surface area contributed by atoms with E-state index in [4.69, 9.17) is 0 Å². The van der Waals surface area contributed by atoms with E-state index in [0.717, 1.165) is 31.7 Å². The van der Waals surface area contributed by atoms with Crippen LogP contribution < -0.4 is 10.6 Å². The quantitative estimate of drug-likeness (QED) is 0.713. The van der Waals surface area contributed by atoms with E-state index in [1.807, 2.05) is 24.4 Å². The lowest BCUT2D eigenvalue weighted by Gasteiger charge is -2.40. The summed E-state index contributed by atoms with van der Waals surface area (Å²) >= 11 is 1.68. The van der Waals surface area contributed by atoms with Crippen LogP contribution in [0.2, 0.25) is 0 Å². The molecule has 0 bridgehead atoms. The van der Waals surface area contributed by atoms with Gasteiger partial charge in [0.1, 0.15) is 0 Å². The topological polar surface area (TPSA) is 77.6 Å². The molecule has 7 nitrogen and oxygen atoms in total. The van der Waals surface area contributed by atoms with E-state index < -0.39 is 11.8 Å². The van der Waals surface area contributed by atoms with Crippen LogP contribution in [0.4, 0.5) is 0 Å². The highest BCUT2D eigenvalue weighted by atomic mass is 32.1. The van der Waals surface area contributed by atoms with Crippen LogP contribution in [0.5, 0.6) is 0 Å². The average molecular weight is 402 g/mol. The third-order valence-electron chi connectivity index (χ3n) is 4.98. The second-order valence-corrected chi connectivity index (χ2v) is 8.08. The van der Waals surface area contributed by atoms with Crippen LogP contribution in [0, 0.1) is 0 Å². The molecule has 150 valence electrons. The monoisotopic (exact) mass is 401 g/mol. The number of likely N-dealkylation sites (N-methyl/N-ethyl adjacent to an activating group) is 1. The Balaban J connectivity index is 1.60. The summed E-state index contributed by atoms with van der Waals surface area (Å²) in [5, 5.41) is 7.60. The van der Waals surface area contributed by atoms with Crippen molar-refractivity contribution >= 4 is 23.2 Å². The molecule has 1 saturated heterocycles. The van der Waals surface area contributed by atoms with Crippen LogP contribution in [-0.2, 0) is 16.1 Å². The minimum absolute atomic E-state index is 0.0590. The summed E-state index contributed by atoms with van der Waals surface area (Å²) in [6.07, 6.45) is 3.34. The Morgan fingerprint density at radius 2 is 1.96 bits per heavy atom. The first kappa shape index (κ1) is 20.4. The normalized spacial score (nSPS) is 17.6. The molecular formula is C20H27N5O2S. The van der Waals surface area contributed by atoms with Crippen LogP contribution in [-0.4, -0.2) is 65.9 Å². The van der Waals surface area contributed by atoms with Crippen molar-refractivity contribution in [2.24, 2.45) is 0 Å². The smallest absolute Gasteiger partial charge is 0.309 e. The van der Waals surface area contributed by atoms with Gasteiger partial charge in [-0.1, -0.05) is 12.1 Å². The molecule has 3 heterocycles. The molecule has 8 heteroatoms. The van der Waals surface area contributed by atoms with Crippen LogP contribution in [0.3, 0.4) is 0 Å². The fourth-order valence-electron chi connectivity index (χ4n) is 3.42. The number of nitrogens with one attached hydrogen (secondary N) is 2. The molecular weight excluding hydrogens is 374 g/mol. The Labute approximate surface area is 169 Å². The highest BCUT2D eigenvalue weighted by Gasteiger charge is 2.31. The second-order valence-electron chi connectivity index (χ2n) is 7.11. The summed E-state index contributed by atoms with van der Waals surface area (Å²) in [5.41, 5.74) is 0.852. The van der Waals surface area contributed by atoms with E-state index in [1.54, 1.807) is 29.8 Å². The molecule has 2 atom stereocenters. The van der Waals surface area contributed by atoms with Gasteiger partial charge in [0.05, 0.1) is 6.04 Å². The number of aromatic nitrogens is 1. The maximum absolute atomic E-state index is 12.4. The standard InChI is InChI=1S/C20H27N5O2S/c1-15(23-20(27)19(26)22-14-16-5-3-7-21-13-16)18(17-6-4-12-28-17)25-10-8-24(2)9-11-25/h3-7,12-13,15,18H,8-11,14H2,1-2H3,(H,22,26)(H,23,27). The number of thiophene rings is 1. The number of nitrogens with zero attached hydrogens (tertiary/aromatic N) is 3. The van der Waals surface area contributed by atoms with E-state index in [-0.39, 0.29) is 18.6 Å². The fraction of sp³-hybridized carbons (Fsp3) is 0.450. The SMILES string of the molecule is CC(NC(=O)C(=O)NCc1cccnc1)C(c1cccs1)N1CCN(C)CC1. The van der Waals surface area contributed by atoms with Gasteiger partial charge in [0.15, 0.2) is 0 Å². The van der Waals surface area contributed by atoms with Crippen LogP contribution in [0.15, 0.2) is 42.0 Å². The van der Waals surface area contributed by atoms with Gasteiger partial charge in [-0.3, -0.25) is 19.5 Å². The van der Waals surface area contributed by atoms with Gasteiger partial charge in [0.25, 0.3) is 0 Å².